The van der Waals surface area contributed by atoms with Crippen molar-refractivity contribution in [3.8, 4) is 0 Å². The number of H-pyrrole nitrogens is 1. The number of likely N-dealkylation sites (tertiary alicyclic amines) is 1. The Labute approximate surface area is 144 Å². The van der Waals surface area contributed by atoms with Gasteiger partial charge in [-0.05, 0) is 25.5 Å². The van der Waals surface area contributed by atoms with Crippen molar-refractivity contribution in [3.63, 3.8) is 0 Å². The zero-order valence-electron chi connectivity index (χ0n) is 13.8. The first-order valence-electron chi connectivity index (χ1n) is 8.63. The Kier molecular flexibility index (Phi) is 3.45. The molecule has 0 amide bonds. The number of aromatic amines is 1. The SMILES string of the molecule is c1ncc(CN2CCC[C@@H](n3cnc4cnc5[nH]ccc5c43)C2)cn1. The number of fused-ring (bicyclic) bond motifs is 3. The van der Waals surface area contributed by atoms with Gasteiger partial charge in [-0.2, -0.15) is 0 Å². The van der Waals surface area contributed by atoms with E-state index in [0.717, 1.165) is 41.7 Å². The molecule has 25 heavy (non-hydrogen) atoms. The normalized spacial score (nSPS) is 19.0. The molecule has 1 saturated heterocycles. The minimum Gasteiger partial charge on any atom is -0.346 e. The minimum atomic E-state index is 0.420. The van der Waals surface area contributed by atoms with Crippen LogP contribution in [0, 0.1) is 0 Å². The zero-order valence-corrected chi connectivity index (χ0v) is 13.8. The lowest BCUT2D eigenvalue weighted by Crippen LogP contribution is -2.36. The molecule has 1 aliphatic heterocycles. The minimum absolute atomic E-state index is 0.420. The van der Waals surface area contributed by atoms with E-state index in [4.69, 9.17) is 0 Å². The van der Waals surface area contributed by atoms with E-state index in [1.165, 1.54) is 18.4 Å². The van der Waals surface area contributed by atoms with Gasteiger partial charge >= 0.3 is 0 Å². The topological polar surface area (TPSA) is 75.5 Å². The van der Waals surface area contributed by atoms with Crippen LogP contribution in [-0.4, -0.2) is 47.5 Å². The van der Waals surface area contributed by atoms with Crippen molar-refractivity contribution in [2.45, 2.75) is 25.4 Å². The molecule has 0 radical (unpaired) electrons. The molecule has 0 aliphatic carbocycles. The van der Waals surface area contributed by atoms with Gasteiger partial charge in [0.25, 0.3) is 0 Å². The molecular weight excluding hydrogens is 314 g/mol. The van der Waals surface area contributed by atoms with E-state index in [0.29, 0.717) is 6.04 Å². The summed E-state index contributed by atoms with van der Waals surface area (Å²) in [5, 5.41) is 1.14. The summed E-state index contributed by atoms with van der Waals surface area (Å²) in [6.07, 6.45) is 13.5. The molecule has 4 aromatic heterocycles. The highest BCUT2D eigenvalue weighted by molar-refractivity contribution is 6.00. The van der Waals surface area contributed by atoms with Crippen LogP contribution >= 0.6 is 0 Å². The molecule has 1 fully saturated rings. The van der Waals surface area contributed by atoms with Crippen molar-refractivity contribution in [2.75, 3.05) is 13.1 Å². The second-order valence-electron chi connectivity index (χ2n) is 6.66. The molecule has 5 rings (SSSR count). The van der Waals surface area contributed by atoms with E-state index in [1.54, 1.807) is 6.33 Å². The number of aromatic nitrogens is 6. The summed E-state index contributed by atoms with van der Waals surface area (Å²) in [5.41, 5.74) is 4.22. The molecule has 1 atom stereocenters. The number of nitrogens with zero attached hydrogens (tertiary/aromatic N) is 6. The van der Waals surface area contributed by atoms with Crippen LogP contribution in [0.2, 0.25) is 0 Å². The maximum Gasteiger partial charge on any atom is 0.139 e. The summed E-state index contributed by atoms with van der Waals surface area (Å²) in [6.45, 7) is 3.01. The second-order valence-corrected chi connectivity index (χ2v) is 6.66. The monoisotopic (exact) mass is 333 g/mol. The van der Waals surface area contributed by atoms with Gasteiger partial charge in [-0.1, -0.05) is 0 Å². The number of piperidine rings is 1. The first-order chi connectivity index (χ1) is 12.4. The smallest absolute Gasteiger partial charge is 0.139 e. The van der Waals surface area contributed by atoms with Crippen molar-refractivity contribution < 1.29 is 0 Å². The summed E-state index contributed by atoms with van der Waals surface area (Å²) in [6, 6.07) is 2.51. The Bertz CT molecular complexity index is 1000. The number of nitrogens with one attached hydrogen (secondary N) is 1. The van der Waals surface area contributed by atoms with Crippen LogP contribution in [0.1, 0.15) is 24.4 Å². The lowest BCUT2D eigenvalue weighted by atomic mass is 10.0. The summed E-state index contributed by atoms with van der Waals surface area (Å²) in [5.74, 6) is 0. The molecule has 0 aromatic carbocycles. The third-order valence-corrected chi connectivity index (χ3v) is 5.01. The van der Waals surface area contributed by atoms with Gasteiger partial charge in [-0.25, -0.2) is 19.9 Å². The van der Waals surface area contributed by atoms with Gasteiger partial charge in [0.15, 0.2) is 0 Å². The number of pyridine rings is 1. The van der Waals surface area contributed by atoms with Gasteiger partial charge in [0, 0.05) is 48.7 Å². The van der Waals surface area contributed by atoms with E-state index in [1.807, 2.05) is 31.1 Å². The van der Waals surface area contributed by atoms with E-state index in [9.17, 15) is 0 Å². The van der Waals surface area contributed by atoms with Gasteiger partial charge in [0.1, 0.15) is 17.5 Å². The van der Waals surface area contributed by atoms with E-state index >= 15 is 0 Å². The third kappa shape index (κ3) is 2.56. The molecular formula is C18H19N7. The van der Waals surface area contributed by atoms with Gasteiger partial charge in [-0.15, -0.1) is 0 Å². The average Bonchev–Trinajstić information content (AvgIpc) is 3.29. The van der Waals surface area contributed by atoms with Crippen LogP contribution in [0.25, 0.3) is 22.1 Å². The Hall–Kier alpha value is -2.80. The van der Waals surface area contributed by atoms with Crippen LogP contribution in [0.15, 0.2) is 43.5 Å². The fourth-order valence-corrected chi connectivity index (χ4v) is 3.88. The molecule has 0 spiro atoms. The Morgan fingerprint density at radius 1 is 1.16 bits per heavy atom. The Morgan fingerprint density at radius 3 is 3.00 bits per heavy atom. The third-order valence-electron chi connectivity index (χ3n) is 5.01. The van der Waals surface area contributed by atoms with Gasteiger partial charge in [0.05, 0.1) is 18.0 Å². The number of hydrogen-bond acceptors (Lipinski definition) is 5. The molecule has 1 aliphatic rings. The molecule has 4 aromatic rings. The first kappa shape index (κ1) is 14.5. The summed E-state index contributed by atoms with van der Waals surface area (Å²) in [4.78, 5) is 23.0. The van der Waals surface area contributed by atoms with Crippen LogP contribution in [0.4, 0.5) is 0 Å². The fraction of sp³-hybridized carbons (Fsp3) is 0.333. The highest BCUT2D eigenvalue weighted by Crippen LogP contribution is 2.29. The lowest BCUT2D eigenvalue weighted by molar-refractivity contribution is 0.172. The number of imidazole rings is 1. The molecule has 1 N–H and O–H groups in total. The van der Waals surface area contributed by atoms with Crippen molar-refractivity contribution >= 4 is 22.1 Å². The molecule has 0 bridgehead atoms. The Morgan fingerprint density at radius 2 is 2.08 bits per heavy atom. The number of hydrogen-bond donors (Lipinski definition) is 1. The maximum absolute atomic E-state index is 4.58. The molecule has 7 nitrogen and oxygen atoms in total. The number of rotatable bonds is 3. The van der Waals surface area contributed by atoms with E-state index < -0.39 is 0 Å². The fourth-order valence-electron chi connectivity index (χ4n) is 3.88. The van der Waals surface area contributed by atoms with Crippen molar-refractivity contribution in [3.05, 3.63) is 49.1 Å². The van der Waals surface area contributed by atoms with Crippen molar-refractivity contribution in [1.29, 1.82) is 0 Å². The lowest BCUT2D eigenvalue weighted by Gasteiger charge is -2.33. The van der Waals surface area contributed by atoms with Crippen LogP contribution < -0.4 is 0 Å². The second kappa shape index (κ2) is 5.93. The molecule has 5 heterocycles. The maximum atomic E-state index is 4.58. The van der Waals surface area contributed by atoms with Crippen LogP contribution in [0.5, 0.6) is 0 Å². The standard InChI is InChI=1S/C18H19N7/c1-2-14(10-24(5-1)9-13-6-19-11-20-7-13)25-12-23-16-8-22-18-15(17(16)25)3-4-21-18/h3-4,6-8,11-12,14H,1-2,5,9-10H2,(H,21,22)/t14-/m1/s1. The summed E-state index contributed by atoms with van der Waals surface area (Å²) in [7, 11) is 0. The Balaban J connectivity index is 1.46. The van der Waals surface area contributed by atoms with Crippen molar-refractivity contribution in [1.82, 2.24) is 34.4 Å². The van der Waals surface area contributed by atoms with Crippen molar-refractivity contribution in [2.24, 2.45) is 0 Å². The van der Waals surface area contributed by atoms with Gasteiger partial charge in [0.2, 0.25) is 0 Å². The average molecular weight is 333 g/mol. The highest BCUT2D eigenvalue weighted by Gasteiger charge is 2.23. The van der Waals surface area contributed by atoms with Crippen LogP contribution in [-0.2, 0) is 6.54 Å². The highest BCUT2D eigenvalue weighted by atomic mass is 15.2. The van der Waals surface area contributed by atoms with E-state index in [-0.39, 0.29) is 0 Å². The first-order valence-corrected chi connectivity index (χ1v) is 8.63. The molecule has 126 valence electrons. The quantitative estimate of drug-likeness (QED) is 0.623. The summed E-state index contributed by atoms with van der Waals surface area (Å²) < 4.78 is 2.33. The largest absolute Gasteiger partial charge is 0.346 e. The predicted octanol–water partition coefficient (Wildman–Crippen LogP) is 2.54. The van der Waals surface area contributed by atoms with Crippen LogP contribution in [0.3, 0.4) is 0 Å². The predicted molar refractivity (Wildman–Crippen MR) is 95.0 cm³/mol. The molecule has 0 saturated carbocycles. The van der Waals surface area contributed by atoms with Gasteiger partial charge < -0.3 is 9.55 Å². The zero-order chi connectivity index (χ0) is 16.6. The molecule has 7 heteroatoms. The molecule has 0 unspecified atom stereocenters. The van der Waals surface area contributed by atoms with Gasteiger partial charge in [-0.3, -0.25) is 4.90 Å². The van der Waals surface area contributed by atoms with E-state index in [2.05, 4.69) is 40.5 Å². The summed E-state index contributed by atoms with van der Waals surface area (Å²) >= 11 is 0.